The van der Waals surface area contributed by atoms with Gasteiger partial charge in [0.1, 0.15) is 6.04 Å². The van der Waals surface area contributed by atoms with Crippen LogP contribution in [-0.2, 0) is 4.79 Å². The summed E-state index contributed by atoms with van der Waals surface area (Å²) in [5.41, 5.74) is 3.19. The highest BCUT2D eigenvalue weighted by Crippen LogP contribution is 2.20. The van der Waals surface area contributed by atoms with Gasteiger partial charge in [0.2, 0.25) is 0 Å². The van der Waals surface area contributed by atoms with E-state index in [1.165, 1.54) is 0 Å². The topological polar surface area (TPSA) is 58.4 Å². The molecule has 0 aliphatic carbocycles. The zero-order valence-corrected chi connectivity index (χ0v) is 10.7. The molecule has 0 aliphatic rings. The number of likely N-dealkylation sites (N-methyl/N-ethyl adjacent to an activating group) is 1. The molecule has 0 fully saturated rings. The van der Waals surface area contributed by atoms with E-state index in [0.29, 0.717) is 5.92 Å². The Hall–Kier alpha value is -1.39. The van der Waals surface area contributed by atoms with Crippen molar-refractivity contribution in [2.45, 2.75) is 19.9 Å². The van der Waals surface area contributed by atoms with E-state index in [4.69, 9.17) is 5.84 Å². The van der Waals surface area contributed by atoms with Crippen LogP contribution in [0.25, 0.3) is 0 Å². The molecule has 4 nitrogen and oxygen atoms in total. The molecule has 1 aromatic rings. The number of nitrogens with one attached hydrogen (secondary N) is 1. The van der Waals surface area contributed by atoms with E-state index in [0.717, 1.165) is 12.1 Å². The number of amides is 1. The summed E-state index contributed by atoms with van der Waals surface area (Å²) in [6.07, 6.45) is 0. The number of hydrazine groups is 1. The van der Waals surface area contributed by atoms with Gasteiger partial charge in [-0.3, -0.25) is 15.1 Å². The monoisotopic (exact) mass is 235 g/mol. The number of carbonyl (C=O) groups is 1. The van der Waals surface area contributed by atoms with E-state index < -0.39 is 0 Å². The average Bonchev–Trinajstić information content (AvgIpc) is 2.29. The maximum absolute atomic E-state index is 11.9. The van der Waals surface area contributed by atoms with Crippen molar-refractivity contribution in [2.24, 2.45) is 11.8 Å². The lowest BCUT2D eigenvalue weighted by atomic mass is 10.0. The van der Waals surface area contributed by atoms with Crippen LogP contribution in [0.2, 0.25) is 0 Å². The molecule has 4 heteroatoms. The summed E-state index contributed by atoms with van der Waals surface area (Å²) in [4.78, 5) is 13.9. The minimum atomic E-state index is -0.330. The van der Waals surface area contributed by atoms with Gasteiger partial charge in [0.25, 0.3) is 5.91 Å². The summed E-state index contributed by atoms with van der Waals surface area (Å²) in [7, 11) is 1.94. The quantitative estimate of drug-likeness (QED) is 0.459. The third-order valence-electron chi connectivity index (χ3n) is 2.60. The molecule has 0 bridgehead atoms. The predicted molar refractivity (Wildman–Crippen MR) is 69.0 cm³/mol. The average molecular weight is 235 g/mol. The number of nitrogens with two attached hydrogens (primary N) is 1. The lowest BCUT2D eigenvalue weighted by Crippen LogP contribution is -2.42. The van der Waals surface area contributed by atoms with Gasteiger partial charge < -0.3 is 0 Å². The fraction of sp³-hybridized carbons (Fsp3) is 0.462. The molecule has 1 aromatic carbocycles. The van der Waals surface area contributed by atoms with Crippen LogP contribution in [0.4, 0.5) is 0 Å². The van der Waals surface area contributed by atoms with Gasteiger partial charge in [-0.15, -0.1) is 0 Å². The number of hydrogen-bond donors (Lipinski definition) is 2. The van der Waals surface area contributed by atoms with Gasteiger partial charge in [-0.1, -0.05) is 44.2 Å². The van der Waals surface area contributed by atoms with Gasteiger partial charge in [-0.2, -0.15) is 0 Å². The van der Waals surface area contributed by atoms with Crippen molar-refractivity contribution in [1.29, 1.82) is 0 Å². The lowest BCUT2D eigenvalue weighted by Gasteiger charge is -2.28. The Balaban J connectivity index is 2.92. The number of nitrogens with zero attached hydrogens (tertiary/aromatic N) is 1. The molecule has 1 amide bonds. The zero-order chi connectivity index (χ0) is 12.8. The van der Waals surface area contributed by atoms with Crippen LogP contribution in [0, 0.1) is 5.92 Å². The molecule has 3 N–H and O–H groups in total. The summed E-state index contributed by atoms with van der Waals surface area (Å²) in [6.45, 7) is 5.09. The Bertz CT molecular complexity index is 351. The van der Waals surface area contributed by atoms with Gasteiger partial charge in [-0.25, -0.2) is 5.84 Å². The van der Waals surface area contributed by atoms with Gasteiger partial charge in [0, 0.05) is 6.54 Å². The van der Waals surface area contributed by atoms with Crippen molar-refractivity contribution >= 4 is 5.91 Å². The molecule has 0 spiro atoms. The number of hydrogen-bond acceptors (Lipinski definition) is 3. The minimum Gasteiger partial charge on any atom is -0.293 e. The van der Waals surface area contributed by atoms with Gasteiger partial charge in [0.05, 0.1) is 0 Å². The molecule has 0 radical (unpaired) electrons. The molecular formula is C13H21N3O. The summed E-state index contributed by atoms with van der Waals surface area (Å²) in [5, 5.41) is 0. The van der Waals surface area contributed by atoms with Crippen molar-refractivity contribution in [3.05, 3.63) is 35.9 Å². The molecule has 1 atom stereocenters. The second-order valence-electron chi connectivity index (χ2n) is 4.66. The van der Waals surface area contributed by atoms with Crippen LogP contribution in [0.15, 0.2) is 30.3 Å². The number of carbonyl (C=O) groups excluding carboxylic acids is 1. The SMILES string of the molecule is CC(C)CN(C)C(C(=O)NN)c1ccccc1. The second-order valence-corrected chi connectivity index (χ2v) is 4.66. The van der Waals surface area contributed by atoms with Crippen molar-refractivity contribution in [3.63, 3.8) is 0 Å². The van der Waals surface area contributed by atoms with Crippen LogP contribution < -0.4 is 11.3 Å². The van der Waals surface area contributed by atoms with Crippen molar-refractivity contribution in [1.82, 2.24) is 10.3 Å². The summed E-state index contributed by atoms with van der Waals surface area (Å²) in [6, 6.07) is 9.34. The third-order valence-corrected chi connectivity index (χ3v) is 2.60. The highest BCUT2D eigenvalue weighted by Gasteiger charge is 2.24. The third kappa shape index (κ3) is 3.84. The first-order valence-corrected chi connectivity index (χ1v) is 5.82. The van der Waals surface area contributed by atoms with Crippen LogP contribution in [0.5, 0.6) is 0 Å². The highest BCUT2D eigenvalue weighted by atomic mass is 16.2. The molecule has 0 saturated heterocycles. The fourth-order valence-electron chi connectivity index (χ4n) is 2.00. The van der Waals surface area contributed by atoms with Crippen LogP contribution >= 0.6 is 0 Å². The van der Waals surface area contributed by atoms with E-state index in [9.17, 15) is 4.79 Å². The smallest absolute Gasteiger partial charge is 0.255 e. The highest BCUT2D eigenvalue weighted by molar-refractivity contribution is 5.82. The van der Waals surface area contributed by atoms with Gasteiger partial charge in [0.15, 0.2) is 0 Å². The van der Waals surface area contributed by atoms with Crippen LogP contribution in [-0.4, -0.2) is 24.4 Å². The Morgan fingerprint density at radius 3 is 2.41 bits per heavy atom. The molecule has 0 aliphatic heterocycles. The van der Waals surface area contributed by atoms with E-state index in [-0.39, 0.29) is 11.9 Å². The Labute approximate surface area is 103 Å². The molecular weight excluding hydrogens is 214 g/mol. The normalized spacial score (nSPS) is 12.8. The molecule has 1 rings (SSSR count). The maximum Gasteiger partial charge on any atom is 0.255 e. The first-order chi connectivity index (χ1) is 8.06. The van der Waals surface area contributed by atoms with E-state index >= 15 is 0 Å². The number of rotatable bonds is 5. The summed E-state index contributed by atoms with van der Waals surface area (Å²) >= 11 is 0. The van der Waals surface area contributed by atoms with Gasteiger partial charge in [-0.05, 0) is 18.5 Å². The maximum atomic E-state index is 11.9. The molecule has 0 heterocycles. The van der Waals surface area contributed by atoms with Crippen molar-refractivity contribution in [2.75, 3.05) is 13.6 Å². The standard InChI is InChI=1S/C13H21N3O/c1-10(2)9-16(3)12(13(17)15-14)11-7-5-4-6-8-11/h4-8,10,12H,9,14H2,1-3H3,(H,15,17). The second kappa shape index (κ2) is 6.37. The Morgan fingerprint density at radius 1 is 1.35 bits per heavy atom. The molecule has 94 valence electrons. The molecule has 17 heavy (non-hydrogen) atoms. The Morgan fingerprint density at radius 2 is 1.94 bits per heavy atom. The first kappa shape index (κ1) is 13.7. The Kier molecular flexibility index (Phi) is 5.12. The molecule has 1 unspecified atom stereocenters. The zero-order valence-electron chi connectivity index (χ0n) is 10.7. The fourth-order valence-corrected chi connectivity index (χ4v) is 2.00. The van der Waals surface area contributed by atoms with Crippen LogP contribution in [0.1, 0.15) is 25.5 Å². The van der Waals surface area contributed by atoms with Gasteiger partial charge >= 0.3 is 0 Å². The van der Waals surface area contributed by atoms with Crippen LogP contribution in [0.3, 0.4) is 0 Å². The van der Waals surface area contributed by atoms with E-state index in [2.05, 4.69) is 19.3 Å². The summed E-state index contributed by atoms with van der Waals surface area (Å²) in [5.74, 6) is 5.57. The minimum absolute atomic E-state index is 0.181. The number of benzene rings is 1. The van der Waals surface area contributed by atoms with E-state index in [1.54, 1.807) is 0 Å². The largest absolute Gasteiger partial charge is 0.293 e. The van der Waals surface area contributed by atoms with Crippen molar-refractivity contribution in [3.8, 4) is 0 Å². The van der Waals surface area contributed by atoms with Crippen molar-refractivity contribution < 1.29 is 4.79 Å². The molecule has 0 saturated carbocycles. The van der Waals surface area contributed by atoms with E-state index in [1.807, 2.05) is 42.3 Å². The lowest BCUT2D eigenvalue weighted by molar-refractivity contribution is -0.126. The first-order valence-electron chi connectivity index (χ1n) is 5.82. The molecule has 0 aromatic heterocycles. The predicted octanol–water partition coefficient (Wildman–Crippen LogP) is 1.31. The summed E-state index contributed by atoms with van der Waals surface area (Å²) < 4.78 is 0.